The van der Waals surface area contributed by atoms with E-state index in [2.05, 4.69) is 22.0 Å². The van der Waals surface area contributed by atoms with Gasteiger partial charge in [-0.15, -0.1) is 0 Å². The molecule has 2 amide bonds. The molecule has 0 aromatic heterocycles. The van der Waals surface area contributed by atoms with Crippen molar-refractivity contribution in [3.05, 3.63) is 33.8 Å². The molecule has 0 unspecified atom stereocenters. The quantitative estimate of drug-likeness (QED) is 0.914. The van der Waals surface area contributed by atoms with E-state index in [0.29, 0.717) is 25.8 Å². The molecule has 1 aliphatic rings. The molecule has 1 aromatic rings. The number of nitrogens with two attached hydrogens (primary N) is 1. The molecular weight excluding hydrogens is 320 g/mol. The molecule has 0 aliphatic carbocycles. The minimum atomic E-state index is -0.408. The fraction of sp³-hybridized carbons (Fsp3) is 0.467. The van der Waals surface area contributed by atoms with E-state index in [1.807, 2.05) is 19.1 Å². The molecule has 1 atom stereocenters. The topological polar surface area (TPSA) is 63.4 Å². The van der Waals surface area contributed by atoms with Crippen LogP contribution in [0, 0.1) is 6.92 Å². The highest BCUT2D eigenvalue weighted by molar-refractivity contribution is 9.10. The lowest BCUT2D eigenvalue weighted by Gasteiger charge is -2.22. The van der Waals surface area contributed by atoms with Gasteiger partial charge in [-0.25, -0.2) is 0 Å². The summed E-state index contributed by atoms with van der Waals surface area (Å²) in [5.41, 5.74) is 7.62. The number of amides is 2. The van der Waals surface area contributed by atoms with Gasteiger partial charge in [-0.3, -0.25) is 9.59 Å². The van der Waals surface area contributed by atoms with Gasteiger partial charge in [0.05, 0.1) is 0 Å². The molecular formula is C15H19BrN2O2. The molecule has 1 fully saturated rings. The molecule has 0 spiro atoms. The molecule has 0 saturated carbocycles. The van der Waals surface area contributed by atoms with Gasteiger partial charge in [0, 0.05) is 17.4 Å². The minimum absolute atomic E-state index is 0.0203. The van der Waals surface area contributed by atoms with E-state index in [0.717, 1.165) is 22.0 Å². The Morgan fingerprint density at radius 2 is 2.20 bits per heavy atom. The number of halogens is 1. The third-order valence-electron chi connectivity index (χ3n) is 3.75. The van der Waals surface area contributed by atoms with Crippen molar-refractivity contribution in [2.24, 2.45) is 5.73 Å². The van der Waals surface area contributed by atoms with Crippen LogP contribution in [0.4, 0.5) is 0 Å². The lowest BCUT2D eigenvalue weighted by Crippen LogP contribution is -2.43. The first kappa shape index (κ1) is 15.0. The van der Waals surface area contributed by atoms with Crippen LogP contribution in [0.15, 0.2) is 22.7 Å². The van der Waals surface area contributed by atoms with E-state index in [1.54, 1.807) is 4.90 Å². The number of carbonyl (C=O) groups excluding carboxylic acids is 2. The van der Waals surface area contributed by atoms with Gasteiger partial charge in [-0.2, -0.15) is 0 Å². The zero-order valence-corrected chi connectivity index (χ0v) is 13.1. The number of hydrogen-bond donors (Lipinski definition) is 1. The van der Waals surface area contributed by atoms with Gasteiger partial charge < -0.3 is 10.6 Å². The number of nitrogens with zero attached hydrogens (tertiary/aromatic N) is 1. The van der Waals surface area contributed by atoms with E-state index < -0.39 is 11.9 Å². The predicted octanol–water partition coefficient (Wildman–Crippen LogP) is 2.17. The van der Waals surface area contributed by atoms with Crippen LogP contribution in [0.1, 0.15) is 30.4 Å². The second-order valence-corrected chi connectivity index (χ2v) is 6.09. The van der Waals surface area contributed by atoms with E-state index in [1.165, 1.54) is 0 Å². The Hall–Kier alpha value is -1.36. The summed E-state index contributed by atoms with van der Waals surface area (Å²) in [6.07, 6.45) is 2.66. The number of hydrogen-bond acceptors (Lipinski definition) is 2. The third kappa shape index (κ3) is 3.39. The van der Waals surface area contributed by atoms with Gasteiger partial charge in [-0.1, -0.05) is 28.1 Å². The van der Waals surface area contributed by atoms with Gasteiger partial charge >= 0.3 is 0 Å². The molecule has 1 aliphatic heterocycles. The van der Waals surface area contributed by atoms with Gasteiger partial charge in [0.1, 0.15) is 6.04 Å². The molecule has 1 heterocycles. The summed E-state index contributed by atoms with van der Waals surface area (Å²) in [6.45, 7) is 2.67. The Bertz CT molecular complexity index is 531. The molecule has 2 rings (SSSR count). The molecule has 1 saturated heterocycles. The summed E-state index contributed by atoms with van der Waals surface area (Å²) in [5.74, 6) is -0.373. The summed E-state index contributed by atoms with van der Waals surface area (Å²) in [4.78, 5) is 25.1. The number of carbonyl (C=O) groups is 2. The maximum absolute atomic E-state index is 12.2. The Morgan fingerprint density at radius 1 is 1.45 bits per heavy atom. The van der Waals surface area contributed by atoms with E-state index >= 15 is 0 Å². The van der Waals surface area contributed by atoms with Crippen LogP contribution in [0.2, 0.25) is 0 Å². The fourth-order valence-corrected chi connectivity index (χ4v) is 2.86. The van der Waals surface area contributed by atoms with Crippen molar-refractivity contribution >= 4 is 27.7 Å². The van der Waals surface area contributed by atoms with Crippen LogP contribution in [0.5, 0.6) is 0 Å². The highest BCUT2D eigenvalue weighted by Crippen LogP contribution is 2.20. The summed E-state index contributed by atoms with van der Waals surface area (Å²) in [7, 11) is 0. The molecule has 0 radical (unpaired) electrons. The fourth-order valence-electron chi connectivity index (χ4n) is 2.62. The second-order valence-electron chi connectivity index (χ2n) is 5.23. The number of aryl methyl sites for hydroxylation is 2. The van der Waals surface area contributed by atoms with Gasteiger partial charge in [0.25, 0.3) is 0 Å². The number of benzene rings is 1. The van der Waals surface area contributed by atoms with Gasteiger partial charge in [0.15, 0.2) is 0 Å². The largest absolute Gasteiger partial charge is 0.368 e. The first-order valence-electron chi connectivity index (χ1n) is 6.83. The van der Waals surface area contributed by atoms with E-state index in [4.69, 9.17) is 5.73 Å². The molecule has 4 nitrogen and oxygen atoms in total. The van der Waals surface area contributed by atoms with Crippen LogP contribution in [0.3, 0.4) is 0 Å². The summed E-state index contributed by atoms with van der Waals surface area (Å²) in [5, 5.41) is 0. The summed E-state index contributed by atoms with van der Waals surface area (Å²) < 4.78 is 1.07. The molecule has 2 N–H and O–H groups in total. The van der Waals surface area contributed by atoms with Crippen LogP contribution in [0.25, 0.3) is 0 Å². The number of likely N-dealkylation sites (tertiary alicyclic amines) is 1. The molecule has 20 heavy (non-hydrogen) atoms. The van der Waals surface area contributed by atoms with Crippen molar-refractivity contribution in [1.82, 2.24) is 4.90 Å². The van der Waals surface area contributed by atoms with Crippen molar-refractivity contribution < 1.29 is 9.59 Å². The van der Waals surface area contributed by atoms with E-state index in [9.17, 15) is 9.59 Å². The average molecular weight is 339 g/mol. The zero-order chi connectivity index (χ0) is 14.7. The first-order valence-corrected chi connectivity index (χ1v) is 7.62. The van der Waals surface area contributed by atoms with Crippen LogP contribution < -0.4 is 5.73 Å². The Morgan fingerprint density at radius 3 is 2.85 bits per heavy atom. The number of rotatable bonds is 4. The second kappa shape index (κ2) is 6.39. The molecule has 0 bridgehead atoms. The standard InChI is InChI=1S/C15H19BrN2O2/c1-10-9-11(4-6-12(10)16)5-7-14(19)18-8-2-3-13(18)15(17)20/h4,6,9,13H,2-3,5,7-8H2,1H3,(H2,17,20)/t13-/m1/s1. The average Bonchev–Trinajstić information content (AvgIpc) is 2.89. The van der Waals surface area contributed by atoms with Crippen LogP contribution >= 0.6 is 15.9 Å². The normalized spacial score (nSPS) is 18.3. The Kier molecular flexibility index (Phi) is 4.81. The molecule has 108 valence electrons. The van der Waals surface area contributed by atoms with Gasteiger partial charge in [0.2, 0.25) is 11.8 Å². The van der Waals surface area contributed by atoms with Crippen molar-refractivity contribution in [2.45, 2.75) is 38.6 Å². The monoisotopic (exact) mass is 338 g/mol. The minimum Gasteiger partial charge on any atom is -0.368 e. The highest BCUT2D eigenvalue weighted by atomic mass is 79.9. The first-order chi connectivity index (χ1) is 9.49. The lowest BCUT2D eigenvalue weighted by molar-refractivity contribution is -0.137. The Balaban J connectivity index is 1.94. The van der Waals surface area contributed by atoms with Crippen molar-refractivity contribution in [1.29, 1.82) is 0 Å². The maximum atomic E-state index is 12.2. The smallest absolute Gasteiger partial charge is 0.240 e. The van der Waals surface area contributed by atoms with Crippen molar-refractivity contribution in [2.75, 3.05) is 6.54 Å². The maximum Gasteiger partial charge on any atom is 0.240 e. The lowest BCUT2D eigenvalue weighted by atomic mass is 10.1. The Labute approximate surface area is 127 Å². The summed E-state index contributed by atoms with van der Waals surface area (Å²) >= 11 is 3.46. The van der Waals surface area contributed by atoms with E-state index in [-0.39, 0.29) is 5.91 Å². The number of primary amides is 1. The highest BCUT2D eigenvalue weighted by Gasteiger charge is 2.32. The third-order valence-corrected chi connectivity index (χ3v) is 4.64. The summed E-state index contributed by atoms with van der Waals surface area (Å²) in [6, 6.07) is 5.68. The predicted molar refractivity (Wildman–Crippen MR) is 81.1 cm³/mol. The van der Waals surface area contributed by atoms with Gasteiger partial charge in [-0.05, 0) is 43.4 Å². The van der Waals surface area contributed by atoms with Crippen molar-refractivity contribution in [3.63, 3.8) is 0 Å². The molecule has 5 heteroatoms. The SMILES string of the molecule is Cc1cc(CCC(=O)N2CCC[C@@H]2C(N)=O)ccc1Br. The van der Waals surface area contributed by atoms with Crippen LogP contribution in [-0.2, 0) is 16.0 Å². The zero-order valence-electron chi connectivity index (χ0n) is 11.6. The van der Waals surface area contributed by atoms with Crippen molar-refractivity contribution in [3.8, 4) is 0 Å². The molecule has 1 aromatic carbocycles. The van der Waals surface area contributed by atoms with Crippen LogP contribution in [-0.4, -0.2) is 29.3 Å².